The Morgan fingerprint density at radius 2 is 1.81 bits per heavy atom. The standard InChI is InChI=1S/C19H28N4O2.ClH/c1-23(13-14-5-3-2-4-6-14)19(25)20-10-9-18(24)22-17-11-15-7-8-16(12-17)21-15;/h2-6,15-17,21H,7-13H2,1H3,(H,20,25)(H,22,24);1H. The highest BCUT2D eigenvalue weighted by atomic mass is 35.5. The molecule has 0 saturated carbocycles. The first-order valence-corrected chi connectivity index (χ1v) is 9.18. The van der Waals surface area contributed by atoms with Crippen LogP contribution in [0.25, 0.3) is 0 Å². The number of benzene rings is 1. The Hall–Kier alpha value is -1.79. The molecule has 2 saturated heterocycles. The molecule has 1 aromatic carbocycles. The van der Waals surface area contributed by atoms with E-state index in [2.05, 4.69) is 16.0 Å². The summed E-state index contributed by atoms with van der Waals surface area (Å²) < 4.78 is 0. The van der Waals surface area contributed by atoms with E-state index >= 15 is 0 Å². The summed E-state index contributed by atoms with van der Waals surface area (Å²) in [4.78, 5) is 25.8. The number of nitrogens with one attached hydrogen (secondary N) is 3. The van der Waals surface area contributed by atoms with E-state index in [4.69, 9.17) is 0 Å². The second-order valence-electron chi connectivity index (χ2n) is 7.20. The van der Waals surface area contributed by atoms with E-state index in [1.54, 1.807) is 11.9 Å². The van der Waals surface area contributed by atoms with Crippen molar-refractivity contribution in [1.29, 1.82) is 0 Å². The van der Waals surface area contributed by atoms with Crippen molar-refractivity contribution in [3.8, 4) is 0 Å². The zero-order valence-electron chi connectivity index (χ0n) is 15.2. The maximum atomic E-state index is 12.1. The van der Waals surface area contributed by atoms with Gasteiger partial charge < -0.3 is 20.9 Å². The van der Waals surface area contributed by atoms with E-state index in [9.17, 15) is 9.59 Å². The van der Waals surface area contributed by atoms with Crippen LogP contribution >= 0.6 is 12.4 Å². The minimum Gasteiger partial charge on any atom is -0.353 e. The molecule has 144 valence electrons. The lowest BCUT2D eigenvalue weighted by Gasteiger charge is -2.29. The van der Waals surface area contributed by atoms with Gasteiger partial charge in [-0.05, 0) is 31.2 Å². The molecule has 0 aromatic heterocycles. The predicted octanol–water partition coefficient (Wildman–Crippen LogP) is 2.04. The van der Waals surface area contributed by atoms with Gasteiger partial charge in [-0.25, -0.2) is 4.79 Å². The van der Waals surface area contributed by atoms with Gasteiger partial charge in [-0.15, -0.1) is 12.4 Å². The SMILES string of the molecule is CN(Cc1ccccc1)C(=O)NCCC(=O)NC1CC2CCC(C1)N2.Cl. The first kappa shape index (κ1) is 20.5. The van der Waals surface area contributed by atoms with Crippen LogP contribution in [-0.2, 0) is 11.3 Å². The lowest BCUT2D eigenvalue weighted by molar-refractivity contribution is -0.121. The molecule has 26 heavy (non-hydrogen) atoms. The monoisotopic (exact) mass is 380 g/mol. The molecule has 0 spiro atoms. The van der Waals surface area contributed by atoms with Gasteiger partial charge in [0.2, 0.25) is 5.91 Å². The van der Waals surface area contributed by atoms with Gasteiger partial charge in [0.15, 0.2) is 0 Å². The Balaban J connectivity index is 0.00000243. The average Bonchev–Trinajstić information content (AvgIpc) is 2.94. The number of fused-ring (bicyclic) bond motifs is 2. The third-order valence-electron chi connectivity index (χ3n) is 5.08. The van der Waals surface area contributed by atoms with Crippen molar-refractivity contribution in [3.63, 3.8) is 0 Å². The molecule has 2 aliphatic rings. The Morgan fingerprint density at radius 3 is 2.46 bits per heavy atom. The first-order valence-electron chi connectivity index (χ1n) is 9.18. The van der Waals surface area contributed by atoms with Gasteiger partial charge >= 0.3 is 6.03 Å². The normalized spacial score (nSPS) is 23.7. The Kier molecular flexibility index (Phi) is 7.72. The van der Waals surface area contributed by atoms with Crippen molar-refractivity contribution >= 4 is 24.3 Å². The minimum atomic E-state index is -0.156. The van der Waals surface area contributed by atoms with Crippen molar-refractivity contribution in [2.24, 2.45) is 0 Å². The molecular weight excluding hydrogens is 352 g/mol. The van der Waals surface area contributed by atoms with Crippen molar-refractivity contribution < 1.29 is 9.59 Å². The number of nitrogens with zero attached hydrogens (tertiary/aromatic N) is 1. The number of carbonyl (C=O) groups is 2. The quantitative estimate of drug-likeness (QED) is 0.707. The van der Waals surface area contributed by atoms with E-state index in [0.29, 0.717) is 31.6 Å². The van der Waals surface area contributed by atoms with Crippen LogP contribution in [0.15, 0.2) is 30.3 Å². The molecular formula is C19H29ClN4O2. The highest BCUT2D eigenvalue weighted by Crippen LogP contribution is 2.26. The first-order chi connectivity index (χ1) is 12.1. The molecule has 2 atom stereocenters. The summed E-state index contributed by atoms with van der Waals surface area (Å²) in [7, 11) is 1.76. The summed E-state index contributed by atoms with van der Waals surface area (Å²) in [5.74, 6) is 0.0253. The third kappa shape index (κ3) is 5.88. The molecule has 0 radical (unpaired) electrons. The molecule has 0 aliphatic carbocycles. The summed E-state index contributed by atoms with van der Waals surface area (Å²) in [6.45, 7) is 0.915. The van der Waals surface area contributed by atoms with Crippen LogP contribution in [0.1, 0.15) is 37.7 Å². The second kappa shape index (κ2) is 9.78. The number of carbonyl (C=O) groups excluding carboxylic acids is 2. The van der Waals surface area contributed by atoms with E-state index in [1.165, 1.54) is 12.8 Å². The molecule has 7 heteroatoms. The maximum Gasteiger partial charge on any atom is 0.317 e. The Bertz CT molecular complexity index is 586. The van der Waals surface area contributed by atoms with Crippen LogP contribution in [0.5, 0.6) is 0 Å². The summed E-state index contributed by atoms with van der Waals surface area (Å²) >= 11 is 0. The molecule has 1 aromatic rings. The summed E-state index contributed by atoms with van der Waals surface area (Å²) in [6, 6.07) is 11.1. The number of piperidine rings is 1. The second-order valence-corrected chi connectivity index (χ2v) is 7.20. The van der Waals surface area contributed by atoms with Crippen LogP contribution < -0.4 is 16.0 Å². The summed E-state index contributed by atoms with van der Waals surface area (Å²) in [5, 5.41) is 9.50. The summed E-state index contributed by atoms with van der Waals surface area (Å²) in [6.07, 6.45) is 4.81. The van der Waals surface area contributed by atoms with E-state index in [1.807, 2.05) is 30.3 Å². The lowest BCUT2D eigenvalue weighted by Crippen LogP contribution is -2.48. The number of rotatable bonds is 6. The van der Waals surface area contributed by atoms with Gasteiger partial charge in [-0.2, -0.15) is 0 Å². The fourth-order valence-electron chi connectivity index (χ4n) is 3.82. The number of urea groups is 1. The van der Waals surface area contributed by atoms with Gasteiger partial charge in [-0.3, -0.25) is 4.79 Å². The van der Waals surface area contributed by atoms with Crippen molar-refractivity contribution in [2.75, 3.05) is 13.6 Å². The van der Waals surface area contributed by atoms with Gasteiger partial charge in [0, 0.05) is 44.7 Å². The molecule has 3 amide bonds. The number of halogens is 1. The van der Waals surface area contributed by atoms with Gasteiger partial charge in [0.25, 0.3) is 0 Å². The largest absolute Gasteiger partial charge is 0.353 e. The molecule has 2 heterocycles. The molecule has 6 nitrogen and oxygen atoms in total. The highest BCUT2D eigenvalue weighted by Gasteiger charge is 2.33. The molecule has 2 unspecified atom stereocenters. The Morgan fingerprint density at radius 1 is 1.15 bits per heavy atom. The van der Waals surface area contributed by atoms with Gasteiger partial charge in [0.1, 0.15) is 0 Å². The Labute approximate surface area is 161 Å². The maximum absolute atomic E-state index is 12.1. The van der Waals surface area contributed by atoms with Crippen LogP contribution in [0.4, 0.5) is 4.79 Å². The fraction of sp³-hybridized carbons (Fsp3) is 0.579. The molecule has 2 fully saturated rings. The zero-order valence-corrected chi connectivity index (χ0v) is 16.1. The molecule has 2 aliphatic heterocycles. The van der Waals surface area contributed by atoms with E-state index in [-0.39, 0.29) is 30.4 Å². The minimum absolute atomic E-state index is 0. The van der Waals surface area contributed by atoms with Crippen LogP contribution in [0.2, 0.25) is 0 Å². The van der Waals surface area contributed by atoms with Crippen molar-refractivity contribution in [3.05, 3.63) is 35.9 Å². The van der Waals surface area contributed by atoms with Gasteiger partial charge in [-0.1, -0.05) is 30.3 Å². The lowest BCUT2D eigenvalue weighted by atomic mass is 10.00. The number of hydrogen-bond acceptors (Lipinski definition) is 3. The van der Waals surface area contributed by atoms with Crippen molar-refractivity contribution in [1.82, 2.24) is 20.9 Å². The molecule has 3 N–H and O–H groups in total. The van der Waals surface area contributed by atoms with Crippen LogP contribution in [0.3, 0.4) is 0 Å². The average molecular weight is 381 g/mol. The summed E-state index contributed by atoms with van der Waals surface area (Å²) in [5.41, 5.74) is 1.08. The van der Waals surface area contributed by atoms with E-state index in [0.717, 1.165) is 18.4 Å². The molecule has 2 bridgehead atoms. The third-order valence-corrected chi connectivity index (χ3v) is 5.08. The van der Waals surface area contributed by atoms with Crippen LogP contribution in [-0.4, -0.2) is 48.6 Å². The van der Waals surface area contributed by atoms with Gasteiger partial charge in [0.05, 0.1) is 0 Å². The molecule has 3 rings (SSSR count). The fourth-order valence-corrected chi connectivity index (χ4v) is 3.82. The van der Waals surface area contributed by atoms with Crippen LogP contribution in [0, 0.1) is 0 Å². The predicted molar refractivity (Wildman–Crippen MR) is 104 cm³/mol. The number of hydrogen-bond donors (Lipinski definition) is 3. The van der Waals surface area contributed by atoms with Crippen molar-refractivity contribution in [2.45, 2.75) is 56.8 Å². The zero-order chi connectivity index (χ0) is 17.6. The topological polar surface area (TPSA) is 73.5 Å². The highest BCUT2D eigenvalue weighted by molar-refractivity contribution is 5.85. The van der Waals surface area contributed by atoms with E-state index < -0.39 is 0 Å². The number of amides is 3. The smallest absolute Gasteiger partial charge is 0.317 e.